The zero-order valence-corrected chi connectivity index (χ0v) is 9.06. The lowest BCUT2D eigenvalue weighted by atomic mass is 10.3. The van der Waals surface area contributed by atoms with Crippen molar-refractivity contribution >= 4 is 11.6 Å². The van der Waals surface area contributed by atoms with Gasteiger partial charge in [0.2, 0.25) is 0 Å². The molecule has 12 heavy (non-hydrogen) atoms. The van der Waals surface area contributed by atoms with Gasteiger partial charge in [-0.1, -0.05) is 6.58 Å². The Hall–Kier alpha value is -0.0500. The third-order valence-electron chi connectivity index (χ3n) is 1.61. The summed E-state index contributed by atoms with van der Waals surface area (Å²) in [4.78, 5) is 4.39. The maximum Gasteiger partial charge on any atom is 0.0443 e. The van der Waals surface area contributed by atoms with E-state index in [2.05, 4.69) is 37.5 Å². The topological polar surface area (TPSA) is 6.48 Å². The Kier molecular flexibility index (Phi) is 6.44. The monoisotopic (exact) mass is 190 g/mol. The average molecular weight is 191 g/mol. The van der Waals surface area contributed by atoms with E-state index in [1.165, 1.54) is 0 Å². The van der Waals surface area contributed by atoms with E-state index in [1.807, 2.05) is 0 Å². The van der Waals surface area contributed by atoms with Gasteiger partial charge in [-0.15, -0.1) is 11.6 Å². The predicted octanol–water partition coefficient (Wildman–Crippen LogP) is 1.27. The lowest BCUT2D eigenvalue weighted by Crippen LogP contribution is -2.30. The smallest absolute Gasteiger partial charge is 0.0443 e. The molecular formula is C9H19ClN2. The van der Waals surface area contributed by atoms with E-state index >= 15 is 0 Å². The van der Waals surface area contributed by atoms with Crippen LogP contribution in [0.2, 0.25) is 0 Å². The fourth-order valence-corrected chi connectivity index (χ4v) is 0.958. The maximum atomic E-state index is 5.62. The molecule has 0 atom stereocenters. The van der Waals surface area contributed by atoms with Crippen LogP contribution in [0.25, 0.3) is 0 Å². The van der Waals surface area contributed by atoms with Crippen LogP contribution < -0.4 is 0 Å². The normalized spacial score (nSPS) is 11.2. The van der Waals surface area contributed by atoms with E-state index in [-0.39, 0.29) is 0 Å². The van der Waals surface area contributed by atoms with E-state index in [0.29, 0.717) is 5.88 Å². The van der Waals surface area contributed by atoms with E-state index in [9.17, 15) is 0 Å². The third-order valence-corrected chi connectivity index (χ3v) is 1.99. The fourth-order valence-electron chi connectivity index (χ4n) is 0.874. The van der Waals surface area contributed by atoms with E-state index < -0.39 is 0 Å². The summed E-state index contributed by atoms with van der Waals surface area (Å²) in [6.07, 6.45) is 0. The van der Waals surface area contributed by atoms with Crippen LogP contribution in [-0.4, -0.2) is 56.5 Å². The lowest BCUT2D eigenvalue weighted by molar-refractivity contribution is 0.298. The van der Waals surface area contributed by atoms with Crippen molar-refractivity contribution < 1.29 is 0 Å². The van der Waals surface area contributed by atoms with Crippen molar-refractivity contribution in [3.8, 4) is 0 Å². The molecule has 0 aromatic heterocycles. The highest BCUT2D eigenvalue weighted by atomic mass is 35.5. The molecule has 0 heterocycles. The van der Waals surface area contributed by atoms with Gasteiger partial charge in [-0.25, -0.2) is 0 Å². The van der Waals surface area contributed by atoms with Crippen molar-refractivity contribution in [1.82, 2.24) is 9.80 Å². The van der Waals surface area contributed by atoms with Crippen LogP contribution in [-0.2, 0) is 0 Å². The molecule has 0 aromatic rings. The molecule has 3 heteroatoms. The van der Waals surface area contributed by atoms with Gasteiger partial charge in [0, 0.05) is 25.5 Å². The number of nitrogens with zero attached hydrogens (tertiary/aromatic N) is 2. The highest BCUT2D eigenvalue weighted by Gasteiger charge is 2.00. The quantitative estimate of drug-likeness (QED) is 0.460. The molecule has 0 saturated carbocycles. The number of halogens is 1. The molecule has 0 aliphatic carbocycles. The first-order valence-electron chi connectivity index (χ1n) is 4.12. The van der Waals surface area contributed by atoms with Gasteiger partial charge in [-0.2, -0.15) is 0 Å². The van der Waals surface area contributed by atoms with Gasteiger partial charge < -0.3 is 9.80 Å². The van der Waals surface area contributed by atoms with Crippen LogP contribution in [0.5, 0.6) is 0 Å². The zero-order chi connectivity index (χ0) is 9.56. The van der Waals surface area contributed by atoms with Crippen LogP contribution in [0.3, 0.4) is 0 Å². The second kappa shape index (κ2) is 6.46. The first kappa shape index (κ1) is 11.9. The minimum atomic E-state index is 0.562. The van der Waals surface area contributed by atoms with E-state index in [4.69, 9.17) is 11.6 Å². The number of likely N-dealkylation sites (N-methyl/N-ethyl adjacent to an activating group) is 2. The summed E-state index contributed by atoms with van der Waals surface area (Å²) >= 11 is 5.62. The molecule has 0 bridgehead atoms. The minimum absolute atomic E-state index is 0.562. The zero-order valence-electron chi connectivity index (χ0n) is 8.31. The second-order valence-corrected chi connectivity index (χ2v) is 3.69. The molecule has 0 radical (unpaired) electrons. The summed E-state index contributed by atoms with van der Waals surface area (Å²) in [5.74, 6) is 0.562. The Morgan fingerprint density at radius 3 is 2.25 bits per heavy atom. The highest BCUT2D eigenvalue weighted by molar-refractivity contribution is 6.19. The van der Waals surface area contributed by atoms with Gasteiger partial charge in [0.15, 0.2) is 0 Å². The molecule has 0 unspecified atom stereocenters. The Balaban J connectivity index is 3.45. The predicted molar refractivity (Wildman–Crippen MR) is 55.9 cm³/mol. The SMILES string of the molecule is C=C(CCl)CN(C)CCN(C)C. The number of rotatable bonds is 6. The number of hydrogen-bond acceptors (Lipinski definition) is 2. The van der Waals surface area contributed by atoms with Crippen LogP contribution in [0, 0.1) is 0 Å². The van der Waals surface area contributed by atoms with E-state index in [1.54, 1.807) is 0 Å². The summed E-state index contributed by atoms with van der Waals surface area (Å²) in [5.41, 5.74) is 1.08. The molecule has 0 spiro atoms. The van der Waals surface area contributed by atoms with Gasteiger partial charge in [0.05, 0.1) is 0 Å². The van der Waals surface area contributed by atoms with Crippen LogP contribution >= 0.6 is 11.6 Å². The summed E-state index contributed by atoms with van der Waals surface area (Å²) in [7, 11) is 6.23. The van der Waals surface area contributed by atoms with Crippen molar-refractivity contribution in [2.24, 2.45) is 0 Å². The van der Waals surface area contributed by atoms with Gasteiger partial charge in [0.25, 0.3) is 0 Å². The summed E-state index contributed by atoms with van der Waals surface area (Å²) in [6.45, 7) is 6.89. The fraction of sp³-hybridized carbons (Fsp3) is 0.778. The Bertz CT molecular complexity index is 134. The lowest BCUT2D eigenvalue weighted by Gasteiger charge is -2.19. The molecule has 72 valence electrons. The van der Waals surface area contributed by atoms with Crippen molar-refractivity contribution in [3.63, 3.8) is 0 Å². The summed E-state index contributed by atoms with van der Waals surface area (Å²) < 4.78 is 0. The first-order chi connectivity index (χ1) is 5.56. The first-order valence-corrected chi connectivity index (χ1v) is 4.65. The Labute approximate surface area is 80.8 Å². The maximum absolute atomic E-state index is 5.62. The average Bonchev–Trinajstić information content (AvgIpc) is 2.00. The second-order valence-electron chi connectivity index (χ2n) is 3.42. The van der Waals surface area contributed by atoms with Gasteiger partial charge in [0.1, 0.15) is 0 Å². The molecule has 0 aliphatic rings. The Morgan fingerprint density at radius 2 is 1.83 bits per heavy atom. The molecule has 0 saturated heterocycles. The largest absolute Gasteiger partial charge is 0.308 e. The molecule has 0 amide bonds. The van der Waals surface area contributed by atoms with Crippen molar-refractivity contribution in [1.29, 1.82) is 0 Å². The molecule has 0 N–H and O–H groups in total. The molecule has 2 nitrogen and oxygen atoms in total. The van der Waals surface area contributed by atoms with Gasteiger partial charge in [-0.3, -0.25) is 0 Å². The summed E-state index contributed by atoms with van der Waals surface area (Å²) in [5, 5.41) is 0. The molecule has 0 rings (SSSR count). The number of alkyl halides is 1. The number of hydrogen-bond donors (Lipinski definition) is 0. The standard InChI is InChI=1S/C9H19ClN2/c1-9(7-10)8-12(4)6-5-11(2)3/h1,5-8H2,2-4H3. The minimum Gasteiger partial charge on any atom is -0.308 e. The third kappa shape index (κ3) is 6.65. The van der Waals surface area contributed by atoms with Crippen molar-refractivity contribution in [2.45, 2.75) is 0 Å². The molecular weight excluding hydrogens is 172 g/mol. The molecule has 0 aliphatic heterocycles. The van der Waals surface area contributed by atoms with Gasteiger partial charge >= 0.3 is 0 Å². The highest BCUT2D eigenvalue weighted by Crippen LogP contribution is 1.96. The Morgan fingerprint density at radius 1 is 1.25 bits per heavy atom. The van der Waals surface area contributed by atoms with Crippen LogP contribution in [0.4, 0.5) is 0 Å². The molecule has 0 fully saturated rings. The van der Waals surface area contributed by atoms with Crippen molar-refractivity contribution in [3.05, 3.63) is 12.2 Å². The van der Waals surface area contributed by atoms with Crippen LogP contribution in [0.1, 0.15) is 0 Å². The van der Waals surface area contributed by atoms with E-state index in [0.717, 1.165) is 25.2 Å². The van der Waals surface area contributed by atoms with Crippen LogP contribution in [0.15, 0.2) is 12.2 Å². The van der Waals surface area contributed by atoms with Crippen molar-refractivity contribution in [2.75, 3.05) is 46.7 Å². The molecule has 0 aromatic carbocycles. The summed E-state index contributed by atoms with van der Waals surface area (Å²) in [6, 6.07) is 0. The van der Waals surface area contributed by atoms with Gasteiger partial charge in [-0.05, 0) is 26.7 Å².